The van der Waals surface area contributed by atoms with E-state index in [0.717, 1.165) is 28.0 Å². The standard InChI is InChI=1S/C19H20ClN5O2/c1-12-7-5-10-18(25-19(26)24(4)22-23-25)16(12)11-27-21-14(3)15-8-6-9-17(20)13(15)2/h5-10H,11H2,1-4H3. The van der Waals surface area contributed by atoms with Gasteiger partial charge in [0.2, 0.25) is 0 Å². The van der Waals surface area contributed by atoms with Crippen molar-refractivity contribution in [3.05, 3.63) is 74.2 Å². The second kappa shape index (κ2) is 7.75. The zero-order chi connectivity index (χ0) is 19.6. The van der Waals surface area contributed by atoms with Gasteiger partial charge in [-0.25, -0.2) is 4.79 Å². The van der Waals surface area contributed by atoms with Crippen LogP contribution in [0.4, 0.5) is 0 Å². The van der Waals surface area contributed by atoms with Gasteiger partial charge in [-0.1, -0.05) is 41.0 Å². The highest BCUT2D eigenvalue weighted by Crippen LogP contribution is 2.21. The lowest BCUT2D eigenvalue weighted by Crippen LogP contribution is -2.23. The molecule has 2 aromatic carbocycles. The number of nitrogens with zero attached hydrogens (tertiary/aromatic N) is 5. The van der Waals surface area contributed by atoms with Gasteiger partial charge in [-0.3, -0.25) is 0 Å². The number of halogens is 1. The van der Waals surface area contributed by atoms with Crippen molar-refractivity contribution < 1.29 is 4.84 Å². The van der Waals surface area contributed by atoms with E-state index in [1.54, 1.807) is 13.1 Å². The van der Waals surface area contributed by atoms with Crippen molar-refractivity contribution in [3.63, 3.8) is 0 Å². The molecule has 0 saturated carbocycles. The highest BCUT2D eigenvalue weighted by Gasteiger charge is 2.13. The molecule has 8 heteroatoms. The predicted octanol–water partition coefficient (Wildman–Crippen LogP) is 3.18. The summed E-state index contributed by atoms with van der Waals surface area (Å²) in [6.45, 7) is 5.95. The molecule has 1 aromatic heterocycles. The Hall–Kier alpha value is -2.93. The number of benzene rings is 2. The van der Waals surface area contributed by atoms with E-state index in [2.05, 4.69) is 15.6 Å². The number of oxime groups is 1. The lowest BCUT2D eigenvalue weighted by atomic mass is 10.1. The summed E-state index contributed by atoms with van der Waals surface area (Å²) in [6.07, 6.45) is 0. The van der Waals surface area contributed by atoms with Gasteiger partial charge in [0.1, 0.15) is 6.61 Å². The summed E-state index contributed by atoms with van der Waals surface area (Å²) in [4.78, 5) is 17.8. The molecule has 1 heterocycles. The topological polar surface area (TPSA) is 74.3 Å². The maximum absolute atomic E-state index is 12.2. The van der Waals surface area contributed by atoms with Crippen molar-refractivity contribution in [2.24, 2.45) is 12.2 Å². The molecule has 0 spiro atoms. The lowest BCUT2D eigenvalue weighted by molar-refractivity contribution is 0.130. The van der Waals surface area contributed by atoms with Crippen molar-refractivity contribution in [1.82, 2.24) is 19.8 Å². The van der Waals surface area contributed by atoms with Gasteiger partial charge < -0.3 is 4.84 Å². The molecule has 3 aromatic rings. The van der Waals surface area contributed by atoms with Crippen LogP contribution in [-0.2, 0) is 18.5 Å². The predicted molar refractivity (Wildman–Crippen MR) is 105 cm³/mol. The fraction of sp³-hybridized carbons (Fsp3) is 0.263. The van der Waals surface area contributed by atoms with Crippen molar-refractivity contribution in [2.75, 3.05) is 0 Å². The third kappa shape index (κ3) is 3.78. The Labute approximate surface area is 161 Å². The van der Waals surface area contributed by atoms with E-state index in [-0.39, 0.29) is 12.3 Å². The van der Waals surface area contributed by atoms with Crippen LogP contribution < -0.4 is 5.69 Å². The highest BCUT2D eigenvalue weighted by molar-refractivity contribution is 6.31. The van der Waals surface area contributed by atoms with E-state index >= 15 is 0 Å². The summed E-state index contributed by atoms with van der Waals surface area (Å²) in [5.74, 6) is 0. The molecule has 0 fully saturated rings. The average Bonchev–Trinajstić information content (AvgIpc) is 2.97. The Morgan fingerprint density at radius 2 is 1.93 bits per heavy atom. The van der Waals surface area contributed by atoms with Gasteiger partial charge in [-0.05, 0) is 54.5 Å². The summed E-state index contributed by atoms with van der Waals surface area (Å²) in [5, 5.41) is 12.6. The molecule has 0 unspecified atom stereocenters. The molecular formula is C19H20ClN5O2. The van der Waals surface area contributed by atoms with E-state index < -0.39 is 0 Å². The first kappa shape index (κ1) is 18.8. The number of tetrazole rings is 1. The van der Waals surface area contributed by atoms with E-state index in [0.29, 0.717) is 10.7 Å². The third-order valence-electron chi connectivity index (χ3n) is 4.40. The molecule has 0 radical (unpaired) electrons. The molecule has 0 amide bonds. The summed E-state index contributed by atoms with van der Waals surface area (Å²) in [5.41, 5.74) is 4.69. The third-order valence-corrected chi connectivity index (χ3v) is 4.81. The SMILES string of the molecule is CC(=NOCc1c(C)cccc1-n1nnn(C)c1=O)c1cccc(Cl)c1C. The minimum Gasteiger partial charge on any atom is -0.391 e. The fourth-order valence-corrected chi connectivity index (χ4v) is 2.95. The average molecular weight is 386 g/mol. The molecule has 27 heavy (non-hydrogen) atoms. The lowest BCUT2D eigenvalue weighted by Gasteiger charge is -2.11. The van der Waals surface area contributed by atoms with Gasteiger partial charge >= 0.3 is 5.69 Å². The monoisotopic (exact) mass is 385 g/mol. The first-order chi connectivity index (χ1) is 12.9. The number of aryl methyl sites for hydroxylation is 2. The van der Waals surface area contributed by atoms with Crippen molar-refractivity contribution in [2.45, 2.75) is 27.4 Å². The van der Waals surface area contributed by atoms with Crippen molar-refractivity contribution in [3.8, 4) is 5.69 Å². The summed E-state index contributed by atoms with van der Waals surface area (Å²) < 4.78 is 2.43. The molecule has 0 aliphatic heterocycles. The van der Waals surface area contributed by atoms with E-state index in [4.69, 9.17) is 16.4 Å². The molecule has 0 N–H and O–H groups in total. The Bertz CT molecular complexity index is 1070. The zero-order valence-corrected chi connectivity index (χ0v) is 16.4. The molecule has 0 aliphatic rings. The highest BCUT2D eigenvalue weighted by atomic mass is 35.5. The number of hydrogen-bond acceptors (Lipinski definition) is 5. The van der Waals surface area contributed by atoms with Gasteiger partial charge in [-0.15, -0.1) is 0 Å². The number of aromatic nitrogens is 4. The Morgan fingerprint density at radius 1 is 1.19 bits per heavy atom. The van der Waals surface area contributed by atoms with Gasteiger partial charge in [0.05, 0.1) is 11.4 Å². The van der Waals surface area contributed by atoms with Crippen LogP contribution in [0.1, 0.15) is 29.2 Å². The van der Waals surface area contributed by atoms with Crippen molar-refractivity contribution >= 4 is 17.3 Å². The summed E-state index contributed by atoms with van der Waals surface area (Å²) in [6, 6.07) is 11.3. The van der Waals surface area contributed by atoms with Crippen LogP contribution in [0, 0.1) is 13.8 Å². The van der Waals surface area contributed by atoms with Crippen molar-refractivity contribution in [1.29, 1.82) is 0 Å². The maximum atomic E-state index is 12.2. The minimum atomic E-state index is -0.323. The van der Waals surface area contributed by atoms with Crippen LogP contribution in [0.5, 0.6) is 0 Å². The Balaban J connectivity index is 1.88. The molecule has 140 valence electrons. The fourth-order valence-electron chi connectivity index (χ4n) is 2.78. The van der Waals surface area contributed by atoms with Gasteiger partial charge in [-0.2, -0.15) is 9.36 Å². The second-order valence-corrected chi connectivity index (χ2v) is 6.64. The smallest absolute Gasteiger partial charge is 0.368 e. The molecule has 0 aliphatic carbocycles. The van der Waals surface area contributed by atoms with Gasteiger partial charge in [0.15, 0.2) is 0 Å². The largest absolute Gasteiger partial charge is 0.391 e. The van der Waals surface area contributed by atoms with Gasteiger partial charge in [0.25, 0.3) is 0 Å². The van der Waals surface area contributed by atoms with E-state index in [1.807, 2.05) is 51.1 Å². The van der Waals surface area contributed by atoms with Gasteiger partial charge in [0, 0.05) is 23.2 Å². The first-order valence-electron chi connectivity index (χ1n) is 8.40. The molecule has 7 nitrogen and oxygen atoms in total. The van der Waals surface area contributed by atoms with Crippen LogP contribution in [0.15, 0.2) is 46.3 Å². The number of hydrogen-bond donors (Lipinski definition) is 0. The molecule has 0 saturated heterocycles. The Kier molecular flexibility index (Phi) is 5.41. The summed E-state index contributed by atoms with van der Waals surface area (Å²) >= 11 is 6.17. The van der Waals surface area contributed by atoms with Crippen LogP contribution >= 0.6 is 11.6 Å². The second-order valence-electron chi connectivity index (χ2n) is 6.23. The zero-order valence-electron chi connectivity index (χ0n) is 15.6. The van der Waals surface area contributed by atoms with Crippen LogP contribution in [0.25, 0.3) is 5.69 Å². The minimum absolute atomic E-state index is 0.196. The van der Waals surface area contributed by atoms with Crippen LogP contribution in [0.2, 0.25) is 5.02 Å². The molecule has 3 rings (SSSR count). The van der Waals surface area contributed by atoms with Crippen LogP contribution in [0.3, 0.4) is 0 Å². The molecular weight excluding hydrogens is 366 g/mol. The first-order valence-corrected chi connectivity index (χ1v) is 8.78. The Morgan fingerprint density at radius 3 is 2.63 bits per heavy atom. The maximum Gasteiger partial charge on any atom is 0.368 e. The summed E-state index contributed by atoms with van der Waals surface area (Å²) in [7, 11) is 1.55. The van der Waals surface area contributed by atoms with Crippen LogP contribution in [-0.4, -0.2) is 25.5 Å². The normalized spacial score (nSPS) is 11.7. The number of rotatable bonds is 5. The molecule has 0 bridgehead atoms. The molecule has 0 atom stereocenters. The quantitative estimate of drug-likeness (QED) is 0.499. The van der Waals surface area contributed by atoms with E-state index in [9.17, 15) is 4.79 Å². The van der Waals surface area contributed by atoms with E-state index in [1.165, 1.54) is 9.36 Å².